The molecular formula is C11H10N4. The molecule has 0 N–H and O–H groups in total. The summed E-state index contributed by atoms with van der Waals surface area (Å²) in [4.78, 5) is 2.66. The minimum Gasteiger partial charge on any atom is -0.192 e. The number of nitrogens with zero attached hydrogens (tertiary/aromatic N) is 4. The van der Waals surface area contributed by atoms with Crippen molar-refractivity contribution < 1.29 is 0 Å². The molecule has 0 saturated heterocycles. The molecule has 0 atom stereocenters. The van der Waals surface area contributed by atoms with Gasteiger partial charge in [0.1, 0.15) is 0 Å². The van der Waals surface area contributed by atoms with E-state index in [4.69, 9.17) is 10.8 Å². The summed E-state index contributed by atoms with van der Waals surface area (Å²) in [6, 6.07) is 9.41. The van der Waals surface area contributed by atoms with E-state index < -0.39 is 0 Å². The molecule has 74 valence electrons. The molecule has 4 heteroatoms. The fourth-order valence-corrected chi connectivity index (χ4v) is 1.11. The van der Waals surface area contributed by atoms with Crippen LogP contribution in [0.15, 0.2) is 35.5 Å². The Morgan fingerprint density at radius 2 is 2.40 bits per heavy atom. The van der Waals surface area contributed by atoms with Gasteiger partial charge in [-0.2, -0.15) is 5.26 Å². The molecule has 0 heterocycles. The van der Waals surface area contributed by atoms with Gasteiger partial charge in [-0.3, -0.25) is 0 Å². The van der Waals surface area contributed by atoms with Gasteiger partial charge in [-0.1, -0.05) is 29.4 Å². The lowest BCUT2D eigenvalue weighted by atomic mass is 10.1. The van der Waals surface area contributed by atoms with Crippen LogP contribution < -0.4 is 0 Å². The standard InChI is InChI=1S/C11H10N4/c12-9-11-6-3-5-10(8-11)4-1-2-7-14-15-13/h1,3-6,8H,2,7H2. The number of benzene rings is 1. The van der Waals surface area contributed by atoms with E-state index in [-0.39, 0.29) is 0 Å². The Morgan fingerprint density at radius 1 is 1.53 bits per heavy atom. The zero-order valence-corrected chi connectivity index (χ0v) is 8.17. The molecule has 0 fully saturated rings. The average molecular weight is 198 g/mol. The SMILES string of the molecule is N#Cc1cccc(C=CCCN=[N+]=[N-])c1. The molecule has 0 amide bonds. The monoisotopic (exact) mass is 198 g/mol. The Kier molecular flexibility index (Phi) is 4.52. The van der Waals surface area contributed by atoms with Crippen LogP contribution in [0.1, 0.15) is 17.5 Å². The molecular weight excluding hydrogens is 188 g/mol. The number of azide groups is 1. The molecule has 0 aromatic heterocycles. The maximum absolute atomic E-state index is 8.67. The Hall–Kier alpha value is -2.24. The van der Waals surface area contributed by atoms with Crippen LogP contribution >= 0.6 is 0 Å². The topological polar surface area (TPSA) is 72.5 Å². The number of hydrogen-bond acceptors (Lipinski definition) is 2. The van der Waals surface area contributed by atoms with E-state index in [1.54, 1.807) is 6.07 Å². The predicted molar refractivity (Wildman–Crippen MR) is 58.8 cm³/mol. The highest BCUT2D eigenvalue weighted by Crippen LogP contribution is 2.06. The molecule has 0 radical (unpaired) electrons. The summed E-state index contributed by atoms with van der Waals surface area (Å²) in [5.41, 5.74) is 9.68. The summed E-state index contributed by atoms with van der Waals surface area (Å²) < 4.78 is 0. The highest BCUT2D eigenvalue weighted by Gasteiger charge is 1.89. The fraction of sp³-hybridized carbons (Fsp3) is 0.182. The van der Waals surface area contributed by atoms with Crippen LogP contribution in [0.5, 0.6) is 0 Å². The van der Waals surface area contributed by atoms with E-state index >= 15 is 0 Å². The van der Waals surface area contributed by atoms with Crippen LogP contribution in [-0.4, -0.2) is 6.54 Å². The summed E-state index contributed by atoms with van der Waals surface area (Å²) in [7, 11) is 0. The number of hydrogen-bond donors (Lipinski definition) is 0. The summed E-state index contributed by atoms with van der Waals surface area (Å²) in [6.45, 7) is 0.463. The minimum atomic E-state index is 0.463. The van der Waals surface area contributed by atoms with Gasteiger partial charge < -0.3 is 0 Å². The van der Waals surface area contributed by atoms with Gasteiger partial charge in [-0.05, 0) is 29.6 Å². The van der Waals surface area contributed by atoms with Crippen LogP contribution in [0.2, 0.25) is 0 Å². The molecule has 15 heavy (non-hydrogen) atoms. The quantitative estimate of drug-likeness (QED) is 0.316. The zero-order chi connectivity index (χ0) is 10.9. The first-order valence-electron chi connectivity index (χ1n) is 4.54. The average Bonchev–Trinajstić information content (AvgIpc) is 2.29. The maximum atomic E-state index is 8.67. The second-order valence-electron chi connectivity index (χ2n) is 2.88. The van der Waals surface area contributed by atoms with Gasteiger partial charge in [0.15, 0.2) is 0 Å². The van der Waals surface area contributed by atoms with E-state index in [0.29, 0.717) is 18.5 Å². The van der Waals surface area contributed by atoms with E-state index in [1.807, 2.05) is 30.4 Å². The van der Waals surface area contributed by atoms with Crippen molar-refractivity contribution in [2.75, 3.05) is 6.54 Å². The van der Waals surface area contributed by atoms with Crippen molar-refractivity contribution in [2.45, 2.75) is 6.42 Å². The Labute approximate surface area is 88.1 Å². The highest BCUT2D eigenvalue weighted by molar-refractivity contribution is 5.52. The summed E-state index contributed by atoms with van der Waals surface area (Å²) >= 11 is 0. The van der Waals surface area contributed by atoms with E-state index in [9.17, 15) is 0 Å². The van der Waals surface area contributed by atoms with E-state index in [1.165, 1.54) is 0 Å². The van der Waals surface area contributed by atoms with Crippen LogP contribution in [0.25, 0.3) is 16.5 Å². The Bertz CT molecular complexity index is 436. The van der Waals surface area contributed by atoms with Crippen LogP contribution in [0.4, 0.5) is 0 Å². The zero-order valence-electron chi connectivity index (χ0n) is 8.17. The third-order valence-electron chi connectivity index (χ3n) is 1.79. The van der Waals surface area contributed by atoms with Gasteiger partial charge in [0.05, 0.1) is 11.6 Å². The van der Waals surface area contributed by atoms with Gasteiger partial charge in [-0.25, -0.2) is 0 Å². The molecule has 1 rings (SSSR count). The molecule has 1 aromatic carbocycles. The van der Waals surface area contributed by atoms with Gasteiger partial charge >= 0.3 is 0 Å². The molecule has 1 aromatic rings. The maximum Gasteiger partial charge on any atom is 0.0991 e. The first-order chi connectivity index (χ1) is 7.36. The van der Waals surface area contributed by atoms with E-state index in [2.05, 4.69) is 16.1 Å². The lowest BCUT2D eigenvalue weighted by Gasteiger charge is -1.93. The third-order valence-corrected chi connectivity index (χ3v) is 1.79. The first kappa shape index (κ1) is 10.8. The second kappa shape index (κ2) is 6.25. The number of nitriles is 1. The van der Waals surface area contributed by atoms with Crippen LogP contribution in [-0.2, 0) is 0 Å². The van der Waals surface area contributed by atoms with Gasteiger partial charge in [0.2, 0.25) is 0 Å². The van der Waals surface area contributed by atoms with Gasteiger partial charge in [0, 0.05) is 11.5 Å². The normalized spacial score (nSPS) is 9.53. The van der Waals surface area contributed by atoms with Crippen LogP contribution in [0, 0.1) is 11.3 Å². The first-order valence-corrected chi connectivity index (χ1v) is 4.54. The summed E-state index contributed by atoms with van der Waals surface area (Å²) in [5.74, 6) is 0. The smallest absolute Gasteiger partial charge is 0.0991 e. The Balaban J connectivity index is 2.57. The van der Waals surface area contributed by atoms with Crippen molar-refractivity contribution in [2.24, 2.45) is 5.11 Å². The van der Waals surface area contributed by atoms with E-state index in [0.717, 1.165) is 5.56 Å². The highest BCUT2D eigenvalue weighted by atomic mass is 15.1. The van der Waals surface area contributed by atoms with Crippen LogP contribution in [0.3, 0.4) is 0 Å². The van der Waals surface area contributed by atoms with Crippen molar-refractivity contribution in [3.63, 3.8) is 0 Å². The third kappa shape index (κ3) is 3.99. The number of rotatable bonds is 4. The van der Waals surface area contributed by atoms with Crippen molar-refractivity contribution in [1.29, 1.82) is 5.26 Å². The lowest BCUT2D eigenvalue weighted by molar-refractivity contribution is 0.996. The van der Waals surface area contributed by atoms with Crippen molar-refractivity contribution in [3.05, 3.63) is 51.9 Å². The predicted octanol–water partition coefficient (Wildman–Crippen LogP) is 3.27. The molecule has 0 unspecified atom stereocenters. The fourth-order valence-electron chi connectivity index (χ4n) is 1.11. The molecule has 0 bridgehead atoms. The largest absolute Gasteiger partial charge is 0.192 e. The lowest BCUT2D eigenvalue weighted by Crippen LogP contribution is -1.77. The second-order valence-corrected chi connectivity index (χ2v) is 2.88. The molecule has 0 spiro atoms. The molecule has 4 nitrogen and oxygen atoms in total. The van der Waals surface area contributed by atoms with Crippen molar-refractivity contribution in [1.82, 2.24) is 0 Å². The summed E-state index contributed by atoms with van der Waals surface area (Å²) in [6.07, 6.45) is 4.54. The molecule has 0 aliphatic rings. The summed E-state index contributed by atoms with van der Waals surface area (Å²) in [5, 5.41) is 12.1. The Morgan fingerprint density at radius 3 is 3.13 bits per heavy atom. The van der Waals surface area contributed by atoms with Crippen molar-refractivity contribution >= 4 is 6.08 Å². The van der Waals surface area contributed by atoms with Gasteiger partial charge in [0.25, 0.3) is 0 Å². The molecule has 0 aliphatic carbocycles. The van der Waals surface area contributed by atoms with Gasteiger partial charge in [-0.15, -0.1) is 0 Å². The minimum absolute atomic E-state index is 0.463. The molecule has 0 aliphatic heterocycles. The molecule has 0 saturated carbocycles. The van der Waals surface area contributed by atoms with Crippen molar-refractivity contribution in [3.8, 4) is 6.07 Å².